The van der Waals surface area contributed by atoms with Crippen molar-refractivity contribution in [1.82, 2.24) is 77.4 Å². The summed E-state index contributed by atoms with van der Waals surface area (Å²) >= 11 is 0. The smallest absolute Gasteiger partial charge is 0.165 e. The minimum absolute atomic E-state index is 0.911. The molecule has 0 bridgehead atoms. The molecule has 16 nitrogen and oxygen atoms in total. The second-order valence-corrected chi connectivity index (χ2v) is 38.7. The van der Waals surface area contributed by atoms with Crippen molar-refractivity contribution >= 4 is 154 Å². The molecular formula is C124H72N16. The van der Waals surface area contributed by atoms with Crippen LogP contribution in [0.25, 0.3) is 243 Å². The lowest BCUT2D eigenvalue weighted by atomic mass is 9.95. The second kappa shape index (κ2) is 27.7. The van der Waals surface area contributed by atoms with E-state index in [2.05, 4.69) is 290 Å². The van der Waals surface area contributed by atoms with Gasteiger partial charge in [0.2, 0.25) is 0 Å². The van der Waals surface area contributed by atoms with Gasteiger partial charge >= 0.3 is 0 Å². The first-order valence-electron chi connectivity index (χ1n) is 48.2. The van der Waals surface area contributed by atoms with E-state index in [9.17, 15) is 0 Å². The molecule has 0 radical (unpaired) electrons. The predicted octanol–water partition coefficient (Wildman–Crippen LogP) is 26.9. The average molecular weight is 1790 g/mol. The number of hydrogen-bond donors (Lipinski definition) is 0. The quantitative estimate of drug-likeness (QED) is 0.132. The van der Waals surface area contributed by atoms with Gasteiger partial charge in [0, 0.05) is 161 Å². The Balaban J connectivity index is 0.0000000829. The largest absolute Gasteiger partial charge is 0.292 e. The van der Waals surface area contributed by atoms with Crippen molar-refractivity contribution in [3.05, 3.63) is 431 Å². The van der Waals surface area contributed by atoms with Gasteiger partial charge in [-0.05, 0) is 288 Å². The molecule has 8 aliphatic rings. The molecule has 0 saturated carbocycles. The molecule has 648 valence electrons. The molecule has 0 amide bonds. The van der Waals surface area contributed by atoms with Crippen LogP contribution >= 0.6 is 0 Å². The molecule has 16 heterocycles. The molecule has 28 aromatic rings. The molecule has 12 aromatic carbocycles. The highest BCUT2D eigenvalue weighted by atomic mass is 15.1. The van der Waals surface area contributed by atoms with Crippen molar-refractivity contribution in [2.24, 2.45) is 0 Å². The van der Waals surface area contributed by atoms with Crippen LogP contribution in [0.5, 0.6) is 0 Å². The van der Waals surface area contributed by atoms with Gasteiger partial charge in [-0.1, -0.05) is 176 Å². The summed E-state index contributed by atoms with van der Waals surface area (Å²) in [7, 11) is 0. The monoisotopic (exact) mass is 1780 g/mol. The summed E-state index contributed by atoms with van der Waals surface area (Å²) in [5, 5.41) is 10.9. The second-order valence-electron chi connectivity index (χ2n) is 38.7. The van der Waals surface area contributed by atoms with Crippen molar-refractivity contribution < 1.29 is 0 Å². The zero-order valence-corrected chi connectivity index (χ0v) is 75.1. The lowest BCUT2D eigenvalue weighted by molar-refractivity contribution is 1.24. The van der Waals surface area contributed by atoms with Crippen molar-refractivity contribution in [3.63, 3.8) is 0 Å². The fourth-order valence-corrected chi connectivity index (χ4v) is 26.2. The maximum atomic E-state index is 5.30. The van der Waals surface area contributed by atoms with E-state index in [1.54, 1.807) is 0 Å². The molecule has 140 heavy (non-hydrogen) atoms. The summed E-state index contributed by atoms with van der Waals surface area (Å²) in [6.45, 7) is 0. The molecule has 0 spiro atoms. The number of pyridine rings is 12. The van der Waals surface area contributed by atoms with Gasteiger partial charge in [-0.3, -0.25) is 57.5 Å². The Morgan fingerprint density at radius 1 is 0.157 bits per heavy atom. The van der Waals surface area contributed by atoms with E-state index in [1.807, 2.05) is 98.9 Å². The maximum absolute atomic E-state index is 5.30. The minimum atomic E-state index is 0.911. The molecule has 0 unspecified atom stereocenters. The van der Waals surface area contributed by atoms with Crippen LogP contribution in [0, 0.1) is 0 Å². The average Bonchev–Trinajstić information content (AvgIpc) is 1.56. The summed E-state index contributed by atoms with van der Waals surface area (Å²) in [5.74, 6) is 0. The van der Waals surface area contributed by atoms with E-state index in [1.165, 1.54) is 178 Å². The van der Waals surface area contributed by atoms with Crippen LogP contribution < -0.4 is 0 Å². The van der Waals surface area contributed by atoms with E-state index in [0.717, 1.165) is 205 Å². The zero-order valence-electron chi connectivity index (χ0n) is 75.1. The van der Waals surface area contributed by atoms with Crippen LogP contribution in [0.2, 0.25) is 0 Å². The van der Waals surface area contributed by atoms with Crippen LogP contribution in [0.15, 0.2) is 342 Å². The van der Waals surface area contributed by atoms with Gasteiger partial charge in [0.25, 0.3) is 0 Å². The predicted molar refractivity (Wildman–Crippen MR) is 559 cm³/mol. The van der Waals surface area contributed by atoms with Crippen LogP contribution in [-0.4, -0.2) is 77.4 Å². The summed E-state index contributed by atoms with van der Waals surface area (Å²) < 4.78 is 9.15. The van der Waals surface area contributed by atoms with E-state index >= 15 is 0 Å². The van der Waals surface area contributed by atoms with E-state index in [-0.39, 0.29) is 0 Å². The standard InChI is InChI=1S/4C31H18N4/c1-2-5-19-17(4-1)14-18-7-8-20-21-9-10-27-30(24(21)15-23(20)28(18)19)34-31-22-6-3-12-33-29(22)25-16-32-13-11-26(25)35(27)31;1-2-5-19-17(4-1)14-18-7-8-20-21-9-10-27-29(24(21)15-23(20)28(18)19)34-31-30-22(6-3-12-33-30)25-16-32-13-11-26(25)35(27)31;1-2-4-19-17(3-1)13-18-5-6-20-21-7-8-28-30(24(21)14-23(20)29(18)19)34-31-22-9-11-32-15-25(22)26-16-33-12-10-27(26)35(28)31;1-2-4-19-17(3-1)13-18-5-6-20-21-7-8-28-30(24(21)14-23(20)29(18)19)34-31-26-16-32-11-9-22(26)25-15-33-12-10-27(25)35(28)31/h2*1-13,16H,14-15H2;2*1-12,15-16H,13-14H2. The number of aromatic nitrogens is 16. The van der Waals surface area contributed by atoms with Gasteiger partial charge in [0.05, 0.1) is 71.7 Å². The van der Waals surface area contributed by atoms with Crippen molar-refractivity contribution in [2.75, 3.05) is 0 Å². The van der Waals surface area contributed by atoms with Crippen LogP contribution in [0.1, 0.15) is 89.0 Å². The van der Waals surface area contributed by atoms with Gasteiger partial charge in [0.1, 0.15) is 22.5 Å². The van der Waals surface area contributed by atoms with Gasteiger partial charge < -0.3 is 0 Å². The zero-order chi connectivity index (χ0) is 90.7. The molecule has 16 heteroatoms. The van der Waals surface area contributed by atoms with E-state index < -0.39 is 0 Å². The molecule has 16 aromatic heterocycles. The SMILES string of the molecule is c1ccc2c(c1)Cc1ccc3c(c1-2)Cc1c-3ccc2c1nc1c3cccnc3c3cnccc3n21.c1ccc2c(c1)Cc1ccc3c(c1-2)Cc1c-3ccc2c1nc1c3ccncc3c3cnccc3n21.c1ccc2c(c1)Cc1ccc3c(c1-2)Cc1c-3ccc2c1nc1c3cnccc3c3cnccc3n21.c1ccc2c(c1)Cc1ccc3c(c1-2)Cc1c-3ccc2c1nc1c3ncccc3c3cnccc3n21. The third-order valence-corrected chi connectivity index (χ3v) is 32.0. The highest BCUT2D eigenvalue weighted by Gasteiger charge is 2.38. The topological polar surface area (TPSA) is 172 Å². The fraction of sp³-hybridized carbons (Fsp3) is 0.0645. The van der Waals surface area contributed by atoms with Gasteiger partial charge in [-0.15, -0.1) is 0 Å². The summed E-state index contributed by atoms with van der Waals surface area (Å²) in [5.41, 5.74) is 63.7. The minimum Gasteiger partial charge on any atom is -0.292 e. The van der Waals surface area contributed by atoms with Crippen LogP contribution in [-0.2, 0) is 51.4 Å². The number of rotatable bonds is 0. The molecule has 8 aliphatic carbocycles. The summed E-state index contributed by atoms with van der Waals surface area (Å²) in [4.78, 5) is 57.1. The lowest BCUT2D eigenvalue weighted by Gasteiger charge is -2.09. The fourth-order valence-electron chi connectivity index (χ4n) is 26.2. The molecule has 0 saturated heterocycles. The first-order chi connectivity index (χ1) is 69.5. The van der Waals surface area contributed by atoms with Crippen molar-refractivity contribution in [3.8, 4) is 89.0 Å². The first kappa shape index (κ1) is 75.1. The Labute approximate surface area is 796 Å². The molecule has 0 fully saturated rings. The maximum Gasteiger partial charge on any atom is 0.165 e. The molecule has 0 aliphatic heterocycles. The summed E-state index contributed by atoms with van der Waals surface area (Å²) in [6.07, 6.45) is 34.2. The van der Waals surface area contributed by atoms with Crippen molar-refractivity contribution in [2.45, 2.75) is 51.4 Å². The van der Waals surface area contributed by atoms with Crippen molar-refractivity contribution in [1.29, 1.82) is 0 Å². The van der Waals surface area contributed by atoms with Crippen LogP contribution in [0.4, 0.5) is 0 Å². The number of imidazole rings is 4. The highest BCUT2D eigenvalue weighted by Crippen LogP contribution is 2.56. The van der Waals surface area contributed by atoms with E-state index in [0.29, 0.717) is 0 Å². The number of nitrogens with zero attached hydrogens (tertiary/aromatic N) is 16. The van der Waals surface area contributed by atoms with Gasteiger partial charge in [-0.25, -0.2) is 19.9 Å². The Morgan fingerprint density at radius 2 is 0.450 bits per heavy atom. The Morgan fingerprint density at radius 3 is 0.864 bits per heavy atom. The van der Waals surface area contributed by atoms with Gasteiger partial charge in [0.15, 0.2) is 5.65 Å². The van der Waals surface area contributed by atoms with E-state index in [4.69, 9.17) is 29.9 Å². The first-order valence-corrected chi connectivity index (χ1v) is 48.2. The molecule has 36 rings (SSSR count). The number of hydrogen-bond acceptors (Lipinski definition) is 12. The summed E-state index contributed by atoms with van der Waals surface area (Å²) in [6, 6.07) is 92.9. The number of fused-ring (bicyclic) bond motifs is 64. The Bertz CT molecular complexity index is 9460. The lowest BCUT2D eigenvalue weighted by Crippen LogP contribution is -1.93. The Hall–Kier alpha value is -18.3. The highest BCUT2D eigenvalue weighted by molar-refractivity contribution is 6.19. The van der Waals surface area contributed by atoms with Gasteiger partial charge in [-0.2, -0.15) is 0 Å². The molecule has 0 atom stereocenters. The molecule has 0 N–H and O–H groups in total. The Kier molecular flexibility index (Phi) is 14.9. The normalized spacial score (nSPS) is 13.5. The van der Waals surface area contributed by atoms with Crippen LogP contribution in [0.3, 0.4) is 0 Å². The number of benzene rings is 12. The molecular weight excluding hydrogens is 1710 g/mol. The third-order valence-electron chi connectivity index (χ3n) is 32.0. The third kappa shape index (κ3) is 10.1.